The smallest absolute Gasteiger partial charge is 0.326 e. The summed E-state index contributed by atoms with van der Waals surface area (Å²) in [4.78, 5) is 12.1. The van der Waals surface area contributed by atoms with E-state index in [-0.39, 0.29) is 5.97 Å². The van der Waals surface area contributed by atoms with Crippen LogP contribution in [-0.2, 0) is 14.3 Å². The van der Waals surface area contributed by atoms with Crippen LogP contribution in [0.5, 0.6) is 0 Å². The van der Waals surface area contributed by atoms with Gasteiger partial charge in [0, 0.05) is 13.2 Å². The largest absolute Gasteiger partial charge is 0.465 e. The normalized spacial score (nSPS) is 14.0. The molecule has 0 fully saturated rings. The number of nitrogens with one attached hydrogen (secondary N) is 1. The summed E-state index contributed by atoms with van der Waals surface area (Å²) in [5.41, 5.74) is -0.585. The number of hydrogen-bond acceptors (Lipinski definition) is 4. The number of carbonyl (C=O) groups is 1. The molecule has 0 heterocycles. The van der Waals surface area contributed by atoms with Gasteiger partial charge in [0.05, 0.1) is 6.61 Å². The van der Waals surface area contributed by atoms with E-state index >= 15 is 0 Å². The van der Waals surface area contributed by atoms with Crippen molar-refractivity contribution in [1.29, 1.82) is 0 Å². The minimum absolute atomic E-state index is 0.153. The van der Waals surface area contributed by atoms with Crippen LogP contribution in [-0.4, -0.2) is 37.9 Å². The average Bonchev–Trinajstić information content (AvgIpc) is 2.44. The lowest BCUT2D eigenvalue weighted by atomic mass is 9.95. The van der Waals surface area contributed by atoms with Crippen molar-refractivity contribution in [3.8, 4) is 0 Å². The third-order valence-corrected chi connectivity index (χ3v) is 3.35. The molecule has 0 rings (SSSR count). The molecule has 120 valence electrons. The zero-order chi connectivity index (χ0) is 15.3. The van der Waals surface area contributed by atoms with Crippen molar-refractivity contribution in [2.45, 2.75) is 71.8 Å². The number of ether oxygens (including phenoxy) is 2. The van der Waals surface area contributed by atoms with Gasteiger partial charge in [0.1, 0.15) is 5.54 Å². The molecule has 0 aromatic heterocycles. The summed E-state index contributed by atoms with van der Waals surface area (Å²) in [6.07, 6.45) is 6.18. The summed E-state index contributed by atoms with van der Waals surface area (Å²) in [7, 11) is 0. The molecule has 0 saturated heterocycles. The maximum atomic E-state index is 12.1. The molecule has 1 unspecified atom stereocenters. The van der Waals surface area contributed by atoms with Crippen molar-refractivity contribution in [3.05, 3.63) is 0 Å². The number of hydrogen-bond donors (Lipinski definition) is 1. The molecule has 20 heavy (non-hydrogen) atoms. The van der Waals surface area contributed by atoms with E-state index in [1.54, 1.807) is 0 Å². The minimum Gasteiger partial charge on any atom is -0.465 e. The second kappa shape index (κ2) is 12.2. The Kier molecular flexibility index (Phi) is 11.8. The second-order valence-electron chi connectivity index (χ2n) is 5.40. The lowest BCUT2D eigenvalue weighted by Gasteiger charge is -2.28. The van der Waals surface area contributed by atoms with Crippen LogP contribution in [0.3, 0.4) is 0 Å². The van der Waals surface area contributed by atoms with Crippen LogP contribution in [0, 0.1) is 0 Å². The third kappa shape index (κ3) is 8.54. The van der Waals surface area contributed by atoms with Crippen molar-refractivity contribution >= 4 is 5.97 Å². The Morgan fingerprint density at radius 3 is 2.35 bits per heavy atom. The lowest BCUT2D eigenvalue weighted by molar-refractivity contribution is -0.151. The molecular formula is C16H33NO3. The molecule has 0 aromatic rings. The van der Waals surface area contributed by atoms with Gasteiger partial charge in [-0.3, -0.25) is 4.79 Å². The average molecular weight is 287 g/mol. The van der Waals surface area contributed by atoms with Gasteiger partial charge in [0.25, 0.3) is 0 Å². The van der Waals surface area contributed by atoms with Gasteiger partial charge < -0.3 is 14.8 Å². The molecule has 0 spiro atoms. The van der Waals surface area contributed by atoms with E-state index in [0.29, 0.717) is 13.2 Å². The highest BCUT2D eigenvalue weighted by molar-refractivity contribution is 5.80. The van der Waals surface area contributed by atoms with Gasteiger partial charge in [-0.05, 0) is 46.1 Å². The van der Waals surface area contributed by atoms with Gasteiger partial charge in [0.2, 0.25) is 0 Å². The predicted octanol–water partition coefficient (Wildman–Crippen LogP) is 3.29. The van der Waals surface area contributed by atoms with Crippen molar-refractivity contribution in [2.24, 2.45) is 0 Å². The van der Waals surface area contributed by atoms with Crippen LogP contribution in [0.4, 0.5) is 0 Å². The van der Waals surface area contributed by atoms with Crippen molar-refractivity contribution < 1.29 is 14.3 Å². The fourth-order valence-electron chi connectivity index (χ4n) is 2.04. The molecular weight excluding hydrogens is 254 g/mol. The fourth-order valence-corrected chi connectivity index (χ4v) is 2.04. The van der Waals surface area contributed by atoms with E-state index < -0.39 is 5.54 Å². The zero-order valence-corrected chi connectivity index (χ0v) is 13.8. The van der Waals surface area contributed by atoms with Crippen molar-refractivity contribution in [2.75, 3.05) is 26.4 Å². The zero-order valence-electron chi connectivity index (χ0n) is 13.8. The first kappa shape index (κ1) is 19.4. The molecule has 0 aliphatic rings. The summed E-state index contributed by atoms with van der Waals surface area (Å²) in [6.45, 7) is 10.8. The first-order valence-electron chi connectivity index (χ1n) is 8.10. The van der Waals surface area contributed by atoms with Gasteiger partial charge >= 0.3 is 5.97 Å². The molecule has 0 bridgehead atoms. The molecule has 0 radical (unpaired) electrons. The number of rotatable bonds is 13. The van der Waals surface area contributed by atoms with E-state index in [1.807, 2.05) is 13.8 Å². The third-order valence-electron chi connectivity index (χ3n) is 3.35. The summed E-state index contributed by atoms with van der Waals surface area (Å²) in [6, 6.07) is 0. The van der Waals surface area contributed by atoms with Gasteiger partial charge in [-0.1, -0.05) is 26.7 Å². The Bertz CT molecular complexity index is 246. The fraction of sp³-hybridized carbons (Fsp3) is 0.938. The highest BCUT2D eigenvalue weighted by Crippen LogP contribution is 2.15. The van der Waals surface area contributed by atoms with E-state index in [4.69, 9.17) is 9.47 Å². The standard InChI is InChI=1S/C16H33NO3/c1-5-8-9-13-19-14-10-11-16(4,17-12-6-2)15(18)20-7-3/h17H,5-14H2,1-4H3. The predicted molar refractivity (Wildman–Crippen MR) is 82.9 cm³/mol. The summed E-state index contributed by atoms with van der Waals surface area (Å²) in [5, 5.41) is 3.31. The monoisotopic (exact) mass is 287 g/mol. The maximum Gasteiger partial charge on any atom is 0.326 e. The SMILES string of the molecule is CCCCCOCCCC(C)(NCCC)C(=O)OCC. The Labute approximate surface area is 124 Å². The number of unbranched alkanes of at least 4 members (excludes halogenated alkanes) is 2. The summed E-state index contributed by atoms with van der Waals surface area (Å²) >= 11 is 0. The lowest BCUT2D eigenvalue weighted by Crippen LogP contribution is -2.50. The molecule has 0 saturated carbocycles. The van der Waals surface area contributed by atoms with E-state index in [0.717, 1.165) is 38.8 Å². The maximum absolute atomic E-state index is 12.1. The molecule has 0 aliphatic heterocycles. The molecule has 0 aromatic carbocycles. The highest BCUT2D eigenvalue weighted by atomic mass is 16.5. The quantitative estimate of drug-likeness (QED) is 0.417. The number of esters is 1. The first-order valence-corrected chi connectivity index (χ1v) is 8.10. The van der Waals surface area contributed by atoms with Crippen molar-refractivity contribution in [3.63, 3.8) is 0 Å². The Morgan fingerprint density at radius 1 is 1.05 bits per heavy atom. The molecule has 1 atom stereocenters. The Morgan fingerprint density at radius 2 is 1.75 bits per heavy atom. The van der Waals surface area contributed by atoms with Crippen LogP contribution in [0.25, 0.3) is 0 Å². The molecule has 0 aliphatic carbocycles. The minimum atomic E-state index is -0.585. The van der Waals surface area contributed by atoms with Gasteiger partial charge in [-0.2, -0.15) is 0 Å². The van der Waals surface area contributed by atoms with E-state index in [1.165, 1.54) is 12.8 Å². The molecule has 4 nitrogen and oxygen atoms in total. The number of carbonyl (C=O) groups excluding carboxylic acids is 1. The Balaban J connectivity index is 4.00. The topological polar surface area (TPSA) is 47.6 Å². The Hall–Kier alpha value is -0.610. The molecule has 1 N–H and O–H groups in total. The van der Waals surface area contributed by atoms with Crippen LogP contribution in [0.1, 0.15) is 66.2 Å². The second-order valence-corrected chi connectivity index (χ2v) is 5.40. The molecule has 0 amide bonds. The van der Waals surface area contributed by atoms with Gasteiger partial charge in [-0.15, -0.1) is 0 Å². The summed E-state index contributed by atoms with van der Waals surface area (Å²) < 4.78 is 10.8. The van der Waals surface area contributed by atoms with Crippen molar-refractivity contribution in [1.82, 2.24) is 5.32 Å². The van der Waals surface area contributed by atoms with Gasteiger partial charge in [0.15, 0.2) is 0 Å². The van der Waals surface area contributed by atoms with Crippen LogP contribution >= 0.6 is 0 Å². The van der Waals surface area contributed by atoms with Crippen LogP contribution in [0.2, 0.25) is 0 Å². The first-order chi connectivity index (χ1) is 9.60. The van der Waals surface area contributed by atoms with E-state index in [9.17, 15) is 4.79 Å². The van der Waals surface area contributed by atoms with Gasteiger partial charge in [-0.25, -0.2) is 0 Å². The van der Waals surface area contributed by atoms with E-state index in [2.05, 4.69) is 19.2 Å². The highest BCUT2D eigenvalue weighted by Gasteiger charge is 2.33. The summed E-state index contributed by atoms with van der Waals surface area (Å²) in [5.74, 6) is -0.153. The van der Waals surface area contributed by atoms with Crippen LogP contribution < -0.4 is 5.32 Å². The molecule has 4 heteroatoms. The van der Waals surface area contributed by atoms with Crippen LogP contribution in [0.15, 0.2) is 0 Å².